The third-order valence-corrected chi connectivity index (χ3v) is 7.02. The van der Waals surface area contributed by atoms with Gasteiger partial charge >= 0.3 is 0 Å². The van der Waals surface area contributed by atoms with Gasteiger partial charge in [-0.1, -0.05) is 42.7 Å². The quantitative estimate of drug-likeness (QED) is 0.391. The van der Waals surface area contributed by atoms with E-state index in [0.29, 0.717) is 25.4 Å². The molecule has 2 aromatic carbocycles. The van der Waals surface area contributed by atoms with Gasteiger partial charge in [-0.25, -0.2) is 18.6 Å². The van der Waals surface area contributed by atoms with E-state index in [-0.39, 0.29) is 11.4 Å². The van der Waals surface area contributed by atoms with Crippen LogP contribution in [-0.2, 0) is 21.4 Å². The van der Waals surface area contributed by atoms with E-state index in [1.165, 1.54) is 12.1 Å². The molecule has 1 unspecified atom stereocenters. The summed E-state index contributed by atoms with van der Waals surface area (Å²) in [6, 6.07) is 13.4. The van der Waals surface area contributed by atoms with Crippen molar-refractivity contribution in [3.8, 4) is 5.75 Å². The van der Waals surface area contributed by atoms with Gasteiger partial charge in [0.1, 0.15) is 18.4 Å². The van der Waals surface area contributed by atoms with Crippen LogP contribution in [0, 0.1) is 6.92 Å². The Labute approximate surface area is 189 Å². The van der Waals surface area contributed by atoms with E-state index in [9.17, 15) is 13.2 Å². The molecule has 1 heterocycles. The molecule has 1 fully saturated rings. The Morgan fingerprint density at radius 1 is 1.09 bits per heavy atom. The molecule has 3 N–H and O–H groups in total. The molecule has 32 heavy (non-hydrogen) atoms. The van der Waals surface area contributed by atoms with Crippen molar-refractivity contribution in [2.45, 2.75) is 50.2 Å². The minimum absolute atomic E-state index is 0.0828. The Morgan fingerprint density at radius 3 is 2.41 bits per heavy atom. The molecule has 1 saturated heterocycles. The lowest BCUT2D eigenvalue weighted by atomic mass is 10.1. The molecule has 174 valence electrons. The number of amides is 1. The largest absolute Gasteiger partial charge is 0.489 e. The van der Waals surface area contributed by atoms with E-state index in [2.05, 4.69) is 4.72 Å². The predicted molar refractivity (Wildman–Crippen MR) is 121 cm³/mol. The lowest BCUT2D eigenvalue weighted by Gasteiger charge is -2.28. The van der Waals surface area contributed by atoms with Gasteiger partial charge in [0, 0.05) is 6.54 Å². The van der Waals surface area contributed by atoms with Crippen molar-refractivity contribution in [1.82, 2.24) is 15.1 Å². The number of nitrogens with zero attached hydrogens (tertiary/aromatic N) is 1. The van der Waals surface area contributed by atoms with Crippen LogP contribution in [0.1, 0.15) is 36.8 Å². The van der Waals surface area contributed by atoms with Crippen molar-refractivity contribution in [3.63, 3.8) is 0 Å². The van der Waals surface area contributed by atoms with E-state index in [1.807, 2.05) is 36.1 Å². The lowest BCUT2D eigenvalue weighted by Crippen LogP contribution is -2.52. The summed E-state index contributed by atoms with van der Waals surface area (Å²) in [5.41, 5.74) is 3.84. The summed E-state index contributed by atoms with van der Waals surface area (Å²) in [4.78, 5) is 14.2. The maximum Gasteiger partial charge on any atom is 0.262 e. The number of hydrogen-bond acceptors (Lipinski definition) is 6. The predicted octanol–water partition coefficient (Wildman–Crippen LogP) is 2.60. The summed E-state index contributed by atoms with van der Waals surface area (Å²) in [7, 11) is -3.83. The summed E-state index contributed by atoms with van der Waals surface area (Å²) < 4.78 is 33.8. The molecule has 1 aliphatic heterocycles. The van der Waals surface area contributed by atoms with Gasteiger partial charge < -0.3 is 4.74 Å². The molecule has 1 aliphatic rings. The number of hydrogen-bond donors (Lipinski definition) is 3. The number of ether oxygens (including phenoxy) is 1. The first-order valence-corrected chi connectivity index (χ1v) is 12.3. The fraction of sp³-hybridized carbons (Fsp3) is 0.435. The zero-order valence-corrected chi connectivity index (χ0v) is 19.1. The SMILES string of the molecule is Cc1cccc(COc2ccc(S(=O)(=O)NCC(C(=O)NO)N3CCCCCC3)cc2)c1. The number of carbonyl (C=O) groups excluding carboxylic acids is 1. The van der Waals surface area contributed by atoms with Gasteiger partial charge in [-0.05, 0) is 62.7 Å². The molecule has 0 saturated carbocycles. The smallest absolute Gasteiger partial charge is 0.262 e. The maximum atomic E-state index is 12.8. The van der Waals surface area contributed by atoms with Crippen molar-refractivity contribution in [3.05, 3.63) is 59.7 Å². The second kappa shape index (κ2) is 11.4. The van der Waals surface area contributed by atoms with Gasteiger partial charge in [0.2, 0.25) is 10.0 Å². The average molecular weight is 462 g/mol. The highest BCUT2D eigenvalue weighted by atomic mass is 32.2. The summed E-state index contributed by atoms with van der Waals surface area (Å²) >= 11 is 0. The number of nitrogens with one attached hydrogen (secondary N) is 2. The summed E-state index contributed by atoms with van der Waals surface area (Å²) in [5, 5.41) is 9.11. The third-order valence-electron chi connectivity index (χ3n) is 5.58. The number of carbonyl (C=O) groups is 1. The Morgan fingerprint density at radius 2 is 1.78 bits per heavy atom. The van der Waals surface area contributed by atoms with E-state index in [1.54, 1.807) is 17.6 Å². The van der Waals surface area contributed by atoms with Crippen LogP contribution in [0.15, 0.2) is 53.4 Å². The van der Waals surface area contributed by atoms with Gasteiger partial charge in [-0.2, -0.15) is 0 Å². The second-order valence-electron chi connectivity index (χ2n) is 8.04. The molecule has 3 rings (SSSR count). The molecule has 1 atom stereocenters. The van der Waals surface area contributed by atoms with E-state index in [4.69, 9.17) is 9.94 Å². The van der Waals surface area contributed by atoms with E-state index >= 15 is 0 Å². The van der Waals surface area contributed by atoms with Crippen LogP contribution >= 0.6 is 0 Å². The topological polar surface area (TPSA) is 108 Å². The van der Waals surface area contributed by atoms with Crippen LogP contribution in [0.3, 0.4) is 0 Å². The zero-order valence-electron chi connectivity index (χ0n) is 18.3. The van der Waals surface area contributed by atoms with Crippen LogP contribution in [0.2, 0.25) is 0 Å². The summed E-state index contributed by atoms with van der Waals surface area (Å²) in [5.74, 6) is -0.0537. The van der Waals surface area contributed by atoms with Gasteiger partial charge in [0.15, 0.2) is 0 Å². The Hall–Kier alpha value is -2.46. The van der Waals surface area contributed by atoms with Gasteiger partial charge in [0.25, 0.3) is 5.91 Å². The highest BCUT2D eigenvalue weighted by Crippen LogP contribution is 2.18. The molecule has 9 heteroatoms. The first kappa shape index (κ1) is 24.2. The van der Waals surface area contributed by atoms with Crippen molar-refractivity contribution >= 4 is 15.9 Å². The summed E-state index contributed by atoms with van der Waals surface area (Å²) in [6.45, 7) is 3.65. The minimum Gasteiger partial charge on any atom is -0.489 e. The molecule has 8 nitrogen and oxygen atoms in total. The molecule has 0 bridgehead atoms. The first-order valence-electron chi connectivity index (χ1n) is 10.8. The first-order chi connectivity index (χ1) is 15.4. The molecule has 0 aliphatic carbocycles. The van der Waals surface area contributed by atoms with Crippen LogP contribution < -0.4 is 14.9 Å². The molecular formula is C23H31N3O5S. The van der Waals surface area contributed by atoms with Gasteiger partial charge in [-0.3, -0.25) is 14.9 Å². The highest BCUT2D eigenvalue weighted by molar-refractivity contribution is 7.89. The maximum absolute atomic E-state index is 12.8. The molecule has 0 spiro atoms. The molecule has 1 amide bonds. The lowest BCUT2D eigenvalue weighted by molar-refractivity contribution is -0.134. The Bertz CT molecular complexity index is 987. The highest BCUT2D eigenvalue weighted by Gasteiger charge is 2.28. The fourth-order valence-electron chi connectivity index (χ4n) is 3.82. The van der Waals surface area contributed by atoms with Gasteiger partial charge in [0.05, 0.1) is 4.90 Å². The van der Waals surface area contributed by atoms with Crippen molar-refractivity contribution in [2.24, 2.45) is 0 Å². The standard InChI is InChI=1S/C23H31N3O5S/c1-18-7-6-8-19(15-18)17-31-20-9-11-21(12-10-20)32(29,30)24-16-22(23(27)25-28)26-13-4-2-3-5-14-26/h6-12,15,22,24,28H,2-5,13-14,16-17H2,1H3,(H,25,27). The number of aryl methyl sites for hydroxylation is 1. The van der Waals surface area contributed by atoms with Crippen molar-refractivity contribution in [1.29, 1.82) is 0 Å². The fourth-order valence-corrected chi connectivity index (χ4v) is 4.86. The average Bonchev–Trinajstić information content (AvgIpc) is 3.07. The van der Waals surface area contributed by atoms with Crippen LogP contribution in [0.5, 0.6) is 5.75 Å². The molecular weight excluding hydrogens is 430 g/mol. The van der Waals surface area contributed by atoms with E-state index in [0.717, 1.165) is 36.8 Å². The second-order valence-corrected chi connectivity index (χ2v) is 9.81. The van der Waals surface area contributed by atoms with Gasteiger partial charge in [-0.15, -0.1) is 0 Å². The van der Waals surface area contributed by atoms with E-state index < -0.39 is 22.0 Å². The van der Waals surface area contributed by atoms with Crippen molar-refractivity contribution in [2.75, 3.05) is 19.6 Å². The van der Waals surface area contributed by atoms with Crippen molar-refractivity contribution < 1.29 is 23.2 Å². The monoisotopic (exact) mass is 461 g/mol. The van der Waals surface area contributed by atoms with Crippen LogP contribution in [0.25, 0.3) is 0 Å². The molecule has 2 aromatic rings. The normalized spacial score (nSPS) is 16.2. The zero-order chi connectivity index (χ0) is 23.0. The van der Waals surface area contributed by atoms with Crippen LogP contribution in [-0.4, -0.2) is 50.1 Å². The number of likely N-dealkylation sites (tertiary alicyclic amines) is 1. The number of sulfonamides is 1. The number of benzene rings is 2. The number of rotatable bonds is 9. The molecule has 0 radical (unpaired) electrons. The minimum atomic E-state index is -3.83. The number of hydroxylamine groups is 1. The molecule has 0 aromatic heterocycles. The Balaban J connectivity index is 1.61. The summed E-state index contributed by atoms with van der Waals surface area (Å²) in [6.07, 6.45) is 4.03. The third kappa shape index (κ3) is 6.77. The Kier molecular flexibility index (Phi) is 8.63. The van der Waals surface area contributed by atoms with Crippen LogP contribution in [0.4, 0.5) is 0 Å².